The molecule has 0 radical (unpaired) electrons. The zero-order valence-corrected chi connectivity index (χ0v) is 14.2. The molecule has 122 valence electrons. The molecule has 1 N–H and O–H groups in total. The number of hydrogen-bond acceptors (Lipinski definition) is 2. The molecule has 3 rings (SSSR count). The van der Waals surface area contributed by atoms with Crippen LogP contribution in [0.4, 0.5) is 0 Å². The van der Waals surface area contributed by atoms with Gasteiger partial charge in [0.2, 0.25) is 5.91 Å². The summed E-state index contributed by atoms with van der Waals surface area (Å²) < 4.78 is 0. The smallest absolute Gasteiger partial charge is 0.242 e. The van der Waals surface area contributed by atoms with E-state index in [4.69, 9.17) is 0 Å². The second-order valence-corrected chi connectivity index (χ2v) is 6.44. The second-order valence-electron chi connectivity index (χ2n) is 6.44. The molecule has 4 heteroatoms. The second kappa shape index (κ2) is 7.47. The van der Waals surface area contributed by atoms with Gasteiger partial charge in [-0.05, 0) is 50.1 Å². The molecule has 1 unspecified atom stereocenters. The summed E-state index contributed by atoms with van der Waals surface area (Å²) in [5.74, 6) is 0.957. The summed E-state index contributed by atoms with van der Waals surface area (Å²) in [6.07, 6.45) is 5.22. The van der Waals surface area contributed by atoms with Crippen LogP contribution in [0.15, 0.2) is 30.3 Å². The zero-order chi connectivity index (χ0) is 14.7. The van der Waals surface area contributed by atoms with Gasteiger partial charge in [-0.1, -0.05) is 37.3 Å². The van der Waals surface area contributed by atoms with Gasteiger partial charge in [0.05, 0.1) is 5.54 Å². The molecule has 0 saturated carbocycles. The largest absolute Gasteiger partial charge is 0.341 e. The molecule has 0 bridgehead atoms. The number of carbonyl (C=O) groups excluding carboxylic acids is 1. The molecule has 1 aromatic rings. The minimum Gasteiger partial charge on any atom is -0.341 e. The first-order chi connectivity index (χ1) is 10.2. The third-order valence-corrected chi connectivity index (χ3v) is 5.31. The monoisotopic (exact) mass is 322 g/mol. The van der Waals surface area contributed by atoms with Gasteiger partial charge in [0.1, 0.15) is 0 Å². The number of nitrogens with zero attached hydrogens (tertiary/aromatic N) is 1. The van der Waals surface area contributed by atoms with Crippen molar-refractivity contribution in [1.82, 2.24) is 10.2 Å². The van der Waals surface area contributed by atoms with Crippen LogP contribution < -0.4 is 5.32 Å². The van der Waals surface area contributed by atoms with Crippen LogP contribution in [0.2, 0.25) is 0 Å². The lowest BCUT2D eigenvalue weighted by atomic mass is 9.87. The minimum atomic E-state index is -0.264. The number of benzene rings is 1. The van der Waals surface area contributed by atoms with E-state index in [1.807, 2.05) is 0 Å². The Morgan fingerprint density at radius 3 is 2.50 bits per heavy atom. The Labute approximate surface area is 139 Å². The molecule has 0 aliphatic carbocycles. The Kier molecular flexibility index (Phi) is 5.87. The van der Waals surface area contributed by atoms with Crippen molar-refractivity contribution in [3.63, 3.8) is 0 Å². The molecule has 22 heavy (non-hydrogen) atoms. The highest BCUT2D eigenvalue weighted by atomic mass is 35.5. The van der Waals surface area contributed by atoms with E-state index in [1.165, 1.54) is 5.56 Å². The molecule has 1 aromatic carbocycles. The highest BCUT2D eigenvalue weighted by molar-refractivity contribution is 5.86. The predicted octanol–water partition coefficient (Wildman–Crippen LogP) is 3.35. The molecule has 3 nitrogen and oxygen atoms in total. The van der Waals surface area contributed by atoms with Crippen molar-refractivity contribution in [1.29, 1.82) is 0 Å². The summed E-state index contributed by atoms with van der Waals surface area (Å²) >= 11 is 0. The lowest BCUT2D eigenvalue weighted by Crippen LogP contribution is -2.56. The van der Waals surface area contributed by atoms with E-state index < -0.39 is 0 Å². The van der Waals surface area contributed by atoms with Crippen LogP contribution in [-0.4, -0.2) is 36.0 Å². The number of nitrogens with one attached hydrogen (secondary N) is 1. The molecule has 1 atom stereocenters. The number of likely N-dealkylation sites (tertiary alicyclic amines) is 1. The highest BCUT2D eigenvalue weighted by Crippen LogP contribution is 2.31. The summed E-state index contributed by atoms with van der Waals surface area (Å²) in [7, 11) is 0. The van der Waals surface area contributed by atoms with E-state index in [-0.39, 0.29) is 17.9 Å². The average molecular weight is 323 g/mol. The van der Waals surface area contributed by atoms with E-state index in [2.05, 4.69) is 47.5 Å². The fourth-order valence-electron chi connectivity index (χ4n) is 3.89. The zero-order valence-electron chi connectivity index (χ0n) is 13.4. The van der Waals surface area contributed by atoms with Crippen LogP contribution in [0.5, 0.6) is 0 Å². The molecule has 0 aromatic heterocycles. The molecule has 2 heterocycles. The first-order valence-electron chi connectivity index (χ1n) is 8.34. The Hall–Kier alpha value is -1.06. The third-order valence-electron chi connectivity index (χ3n) is 5.31. The van der Waals surface area contributed by atoms with Gasteiger partial charge in [-0.2, -0.15) is 0 Å². The summed E-state index contributed by atoms with van der Waals surface area (Å²) in [5.41, 5.74) is 1.16. The van der Waals surface area contributed by atoms with Crippen LogP contribution in [0, 0.1) is 0 Å². The molecule has 1 amide bonds. The summed E-state index contributed by atoms with van der Waals surface area (Å²) in [6, 6.07) is 10.7. The number of piperidine rings is 1. The molecule has 2 aliphatic heterocycles. The van der Waals surface area contributed by atoms with Gasteiger partial charge in [-0.15, -0.1) is 12.4 Å². The highest BCUT2D eigenvalue weighted by Gasteiger charge is 2.42. The number of halogens is 1. The number of rotatable bonds is 3. The van der Waals surface area contributed by atoms with Crippen molar-refractivity contribution in [2.24, 2.45) is 0 Å². The van der Waals surface area contributed by atoms with Crippen LogP contribution >= 0.6 is 12.4 Å². The van der Waals surface area contributed by atoms with Crippen LogP contribution in [-0.2, 0) is 4.79 Å². The van der Waals surface area contributed by atoms with Gasteiger partial charge in [0, 0.05) is 13.1 Å². The van der Waals surface area contributed by atoms with Crippen LogP contribution in [0.3, 0.4) is 0 Å². The fourth-order valence-corrected chi connectivity index (χ4v) is 3.89. The first kappa shape index (κ1) is 17.3. The number of hydrogen-bond donors (Lipinski definition) is 1. The van der Waals surface area contributed by atoms with E-state index in [0.29, 0.717) is 11.8 Å². The molecular weight excluding hydrogens is 296 g/mol. The summed E-state index contributed by atoms with van der Waals surface area (Å²) in [5, 5.41) is 3.47. The standard InChI is InChI=1S/C18H26N2O.ClH/c1-2-18(11-6-12-19-18)17(21)20-13-9-16(10-14-20)15-7-4-3-5-8-15;/h3-5,7-8,16,19H,2,6,9-14H2,1H3;1H. The molecule has 0 spiro atoms. The van der Waals surface area contributed by atoms with E-state index in [9.17, 15) is 4.79 Å². The van der Waals surface area contributed by atoms with Crippen molar-refractivity contribution < 1.29 is 4.79 Å². The SMILES string of the molecule is CCC1(C(=O)N2CCC(c3ccccc3)CC2)CCCN1.Cl. The van der Waals surface area contributed by atoms with Gasteiger partial charge in [0.15, 0.2) is 0 Å². The molecule has 2 saturated heterocycles. The van der Waals surface area contributed by atoms with Crippen molar-refractivity contribution in [3.05, 3.63) is 35.9 Å². The van der Waals surface area contributed by atoms with E-state index in [1.54, 1.807) is 0 Å². The van der Waals surface area contributed by atoms with Crippen molar-refractivity contribution >= 4 is 18.3 Å². The summed E-state index contributed by atoms with van der Waals surface area (Å²) in [6.45, 7) is 4.93. The molecular formula is C18H27ClN2O. The quantitative estimate of drug-likeness (QED) is 0.925. The van der Waals surface area contributed by atoms with Gasteiger partial charge in [-0.25, -0.2) is 0 Å². The minimum absolute atomic E-state index is 0. The lowest BCUT2D eigenvalue weighted by molar-refractivity contribution is -0.139. The Bertz CT molecular complexity index is 477. The van der Waals surface area contributed by atoms with Gasteiger partial charge in [-0.3, -0.25) is 4.79 Å². The summed E-state index contributed by atoms with van der Waals surface area (Å²) in [4.78, 5) is 15.0. The fraction of sp³-hybridized carbons (Fsp3) is 0.611. The Balaban J connectivity index is 0.00000176. The van der Waals surface area contributed by atoms with Gasteiger partial charge >= 0.3 is 0 Å². The van der Waals surface area contributed by atoms with E-state index >= 15 is 0 Å². The molecule has 2 aliphatic rings. The first-order valence-corrected chi connectivity index (χ1v) is 8.34. The van der Waals surface area contributed by atoms with Crippen molar-refractivity contribution in [2.75, 3.05) is 19.6 Å². The number of amides is 1. The maximum absolute atomic E-state index is 12.9. The maximum atomic E-state index is 12.9. The van der Waals surface area contributed by atoms with Crippen molar-refractivity contribution in [2.45, 2.75) is 50.5 Å². The van der Waals surface area contributed by atoms with Gasteiger partial charge in [0.25, 0.3) is 0 Å². The maximum Gasteiger partial charge on any atom is 0.242 e. The topological polar surface area (TPSA) is 32.3 Å². The van der Waals surface area contributed by atoms with Crippen LogP contribution in [0.25, 0.3) is 0 Å². The Morgan fingerprint density at radius 1 is 1.27 bits per heavy atom. The van der Waals surface area contributed by atoms with Crippen LogP contribution in [0.1, 0.15) is 50.5 Å². The third kappa shape index (κ3) is 3.31. The molecule has 2 fully saturated rings. The average Bonchev–Trinajstić information content (AvgIpc) is 3.05. The predicted molar refractivity (Wildman–Crippen MR) is 92.5 cm³/mol. The van der Waals surface area contributed by atoms with Crippen molar-refractivity contribution in [3.8, 4) is 0 Å². The number of carbonyl (C=O) groups is 1. The normalized spacial score (nSPS) is 25.8. The lowest BCUT2D eigenvalue weighted by Gasteiger charge is -2.38. The Morgan fingerprint density at radius 2 is 1.95 bits per heavy atom. The van der Waals surface area contributed by atoms with E-state index in [0.717, 1.165) is 51.7 Å². The van der Waals surface area contributed by atoms with Gasteiger partial charge < -0.3 is 10.2 Å².